The Hall–Kier alpha value is -1.93. The predicted octanol–water partition coefficient (Wildman–Crippen LogP) is 3.23. The van der Waals surface area contributed by atoms with Gasteiger partial charge in [-0.15, -0.1) is 36.5 Å². The van der Waals surface area contributed by atoms with Gasteiger partial charge in [-0.1, -0.05) is 0 Å². The van der Waals surface area contributed by atoms with Crippen molar-refractivity contribution in [1.82, 2.24) is 15.5 Å². The van der Waals surface area contributed by atoms with Crippen molar-refractivity contribution in [1.29, 1.82) is 0 Å². The number of hydrogen-bond donors (Lipinski definition) is 1. The molecule has 5 aliphatic rings. The van der Waals surface area contributed by atoms with Crippen LogP contribution in [0.15, 0.2) is 4.42 Å². The van der Waals surface area contributed by atoms with Gasteiger partial charge in [0.15, 0.2) is 0 Å². The molecule has 0 aromatic carbocycles. The third-order valence-corrected chi connectivity index (χ3v) is 6.88. The molecule has 5 aliphatic carbocycles. The van der Waals surface area contributed by atoms with Crippen LogP contribution in [0.3, 0.4) is 0 Å². The molecular formula is C19H21F6N3O5. The highest BCUT2D eigenvalue weighted by molar-refractivity contribution is 5.79. The molecule has 33 heavy (non-hydrogen) atoms. The van der Waals surface area contributed by atoms with E-state index in [1.807, 2.05) is 0 Å². The van der Waals surface area contributed by atoms with E-state index in [0.717, 1.165) is 0 Å². The SMILES string of the molecule is O=C(CO[C@H]1C[C@@H](OC(F)(F)F)C1)NC12CC(c3nnc([C@H]4C[C@@H](OC(F)(F)F)C4)o3)(C1)C2. The molecule has 0 radical (unpaired) electrons. The van der Waals surface area contributed by atoms with Crippen molar-refractivity contribution >= 4 is 5.91 Å². The smallest absolute Gasteiger partial charge is 0.424 e. The van der Waals surface area contributed by atoms with Gasteiger partial charge in [-0.25, -0.2) is 0 Å². The lowest BCUT2D eigenvalue weighted by Crippen LogP contribution is -2.77. The second kappa shape index (κ2) is 7.54. The molecule has 5 fully saturated rings. The van der Waals surface area contributed by atoms with Gasteiger partial charge in [-0.2, -0.15) is 0 Å². The molecule has 0 atom stereocenters. The molecule has 5 saturated carbocycles. The monoisotopic (exact) mass is 485 g/mol. The molecule has 8 nitrogen and oxygen atoms in total. The quantitative estimate of drug-likeness (QED) is 0.565. The van der Waals surface area contributed by atoms with Crippen LogP contribution in [0.1, 0.15) is 62.6 Å². The topological polar surface area (TPSA) is 95.7 Å². The van der Waals surface area contributed by atoms with Crippen LogP contribution in [0.25, 0.3) is 0 Å². The number of ether oxygens (including phenoxy) is 3. The Labute approximate surface area is 183 Å². The molecule has 0 saturated heterocycles. The normalized spacial score (nSPS) is 37.4. The summed E-state index contributed by atoms with van der Waals surface area (Å²) in [6.45, 7) is -0.244. The first-order valence-electron chi connectivity index (χ1n) is 10.6. The molecule has 2 bridgehead atoms. The zero-order valence-corrected chi connectivity index (χ0v) is 17.2. The first-order chi connectivity index (χ1) is 15.3. The summed E-state index contributed by atoms with van der Waals surface area (Å²) in [5.41, 5.74) is -0.722. The molecular weight excluding hydrogens is 464 g/mol. The molecule has 6 rings (SSSR count). The summed E-state index contributed by atoms with van der Waals surface area (Å²) in [6.07, 6.45) is -9.30. The van der Waals surface area contributed by atoms with E-state index in [1.54, 1.807) is 0 Å². The Morgan fingerprint density at radius 1 is 0.939 bits per heavy atom. The minimum Gasteiger partial charge on any atom is -0.424 e. The zero-order valence-electron chi connectivity index (χ0n) is 17.2. The summed E-state index contributed by atoms with van der Waals surface area (Å²) >= 11 is 0. The highest BCUT2D eigenvalue weighted by Gasteiger charge is 2.72. The number of nitrogens with one attached hydrogen (secondary N) is 1. The predicted molar refractivity (Wildman–Crippen MR) is 93.5 cm³/mol. The number of rotatable bonds is 8. The van der Waals surface area contributed by atoms with Gasteiger partial charge in [0.2, 0.25) is 17.7 Å². The van der Waals surface area contributed by atoms with Crippen LogP contribution in [0, 0.1) is 0 Å². The van der Waals surface area contributed by atoms with Crippen LogP contribution >= 0.6 is 0 Å². The Balaban J connectivity index is 1.01. The fourth-order valence-corrected chi connectivity index (χ4v) is 5.28. The molecule has 1 amide bonds. The minimum atomic E-state index is -4.67. The van der Waals surface area contributed by atoms with Crippen LogP contribution in [-0.4, -0.2) is 59.3 Å². The maximum Gasteiger partial charge on any atom is 0.522 e. The van der Waals surface area contributed by atoms with Gasteiger partial charge < -0.3 is 14.5 Å². The average molecular weight is 485 g/mol. The van der Waals surface area contributed by atoms with Crippen molar-refractivity contribution in [3.63, 3.8) is 0 Å². The number of amides is 1. The Morgan fingerprint density at radius 2 is 1.52 bits per heavy atom. The van der Waals surface area contributed by atoms with E-state index in [-0.39, 0.29) is 49.5 Å². The summed E-state index contributed by atoms with van der Waals surface area (Å²) in [7, 11) is 0. The highest BCUT2D eigenvalue weighted by Crippen LogP contribution is 2.67. The first kappa shape index (κ1) is 22.8. The highest BCUT2D eigenvalue weighted by atomic mass is 19.4. The summed E-state index contributed by atoms with van der Waals surface area (Å²) in [4.78, 5) is 12.2. The second-order valence-corrected chi connectivity index (χ2v) is 9.53. The minimum absolute atomic E-state index is 0.0879. The van der Waals surface area contributed by atoms with Crippen LogP contribution in [0.5, 0.6) is 0 Å². The van der Waals surface area contributed by atoms with E-state index in [9.17, 15) is 31.1 Å². The Morgan fingerprint density at radius 3 is 2.09 bits per heavy atom. The van der Waals surface area contributed by atoms with Gasteiger partial charge in [0.1, 0.15) is 6.61 Å². The number of alkyl halides is 6. The van der Waals surface area contributed by atoms with E-state index in [0.29, 0.717) is 31.0 Å². The van der Waals surface area contributed by atoms with Crippen molar-refractivity contribution in [2.45, 2.75) is 92.9 Å². The number of hydrogen-bond acceptors (Lipinski definition) is 7. The van der Waals surface area contributed by atoms with Crippen molar-refractivity contribution in [2.75, 3.05) is 6.61 Å². The summed E-state index contributed by atoms with van der Waals surface area (Å²) < 4.78 is 91.9. The van der Waals surface area contributed by atoms with Crippen LogP contribution in [0.4, 0.5) is 26.3 Å². The lowest BCUT2D eigenvalue weighted by atomic mass is 9.39. The molecule has 14 heteroatoms. The van der Waals surface area contributed by atoms with Gasteiger partial charge in [0.25, 0.3) is 0 Å². The molecule has 0 spiro atoms. The van der Waals surface area contributed by atoms with Gasteiger partial charge in [-0.3, -0.25) is 14.3 Å². The fraction of sp³-hybridized carbons (Fsp3) is 0.842. The average Bonchev–Trinajstić information content (AvgIpc) is 3.01. The zero-order chi connectivity index (χ0) is 23.6. The first-order valence-corrected chi connectivity index (χ1v) is 10.6. The number of nitrogens with zero attached hydrogens (tertiary/aromatic N) is 2. The lowest BCUT2D eigenvalue weighted by molar-refractivity contribution is -0.357. The van der Waals surface area contributed by atoms with Crippen LogP contribution < -0.4 is 5.32 Å². The molecule has 184 valence electrons. The van der Waals surface area contributed by atoms with Crippen molar-refractivity contribution < 1.29 is 49.8 Å². The van der Waals surface area contributed by atoms with Crippen LogP contribution in [0.2, 0.25) is 0 Å². The Bertz CT molecular complexity index is 887. The number of halogens is 6. The molecule has 1 aromatic heterocycles. The summed E-state index contributed by atoms with van der Waals surface area (Å²) in [5, 5.41) is 10.9. The molecule has 0 aliphatic heterocycles. The van der Waals surface area contributed by atoms with Crippen LogP contribution in [-0.2, 0) is 24.4 Å². The van der Waals surface area contributed by atoms with Gasteiger partial charge in [-0.05, 0) is 32.1 Å². The standard InChI is InChI=1S/C19H21F6N3O5/c20-18(21,22)32-11-1-9(2-11)14-27-28-15(31-14)16-6-17(7-16,8-16)26-13(29)5-30-10-3-12(4-10)33-19(23,24)25/h9-12H,1-8H2,(H,26,29)/t9-,10-,11+,12+,16?,17?. The third kappa shape index (κ3) is 4.69. The van der Waals surface area contributed by atoms with E-state index in [1.165, 1.54) is 0 Å². The second-order valence-electron chi connectivity index (χ2n) is 9.53. The number of aromatic nitrogens is 2. The van der Waals surface area contributed by atoms with E-state index >= 15 is 0 Å². The van der Waals surface area contributed by atoms with Crippen molar-refractivity contribution in [3.05, 3.63) is 11.8 Å². The van der Waals surface area contributed by atoms with Gasteiger partial charge in [0, 0.05) is 24.3 Å². The molecule has 0 unspecified atom stereocenters. The maximum atomic E-state index is 12.2. The van der Waals surface area contributed by atoms with Gasteiger partial charge >= 0.3 is 12.7 Å². The van der Waals surface area contributed by atoms with Crippen molar-refractivity contribution in [2.24, 2.45) is 0 Å². The van der Waals surface area contributed by atoms with E-state index in [2.05, 4.69) is 25.0 Å². The number of carbonyl (C=O) groups excluding carboxylic acids is 1. The fourth-order valence-electron chi connectivity index (χ4n) is 5.28. The Kier molecular flexibility index (Phi) is 5.22. The molecule has 1 aromatic rings. The lowest BCUT2D eigenvalue weighted by Gasteiger charge is -2.68. The maximum absolute atomic E-state index is 12.2. The summed E-state index contributed by atoms with van der Waals surface area (Å²) in [5.74, 6) is 0.121. The molecule has 1 N–H and O–H groups in total. The summed E-state index contributed by atoms with van der Waals surface area (Å²) in [6, 6.07) is 0. The number of carbonyl (C=O) groups is 1. The largest absolute Gasteiger partial charge is 0.522 e. The molecule has 1 heterocycles. The third-order valence-electron chi connectivity index (χ3n) is 6.88. The van der Waals surface area contributed by atoms with E-state index in [4.69, 9.17) is 9.15 Å². The van der Waals surface area contributed by atoms with Gasteiger partial charge in [0.05, 0.1) is 23.7 Å². The van der Waals surface area contributed by atoms with Crippen molar-refractivity contribution in [3.8, 4) is 0 Å². The van der Waals surface area contributed by atoms with E-state index < -0.39 is 36.6 Å².